The monoisotopic (exact) mass is 395 g/mol. The SMILES string of the molecule is O=C(Nc1ccc(Cl)c(Cl)c1)c1ccccc1Cn1ccc2cnccc21. The highest BCUT2D eigenvalue weighted by atomic mass is 35.5. The first kappa shape index (κ1) is 17.6. The van der Waals surface area contributed by atoms with Crippen LogP contribution in [0, 0.1) is 0 Å². The van der Waals surface area contributed by atoms with Gasteiger partial charge in [-0.15, -0.1) is 0 Å². The number of nitrogens with one attached hydrogen (secondary N) is 1. The number of aromatic nitrogens is 2. The number of hydrogen-bond acceptors (Lipinski definition) is 2. The molecular formula is C21H15Cl2N3O. The highest BCUT2D eigenvalue weighted by molar-refractivity contribution is 6.42. The summed E-state index contributed by atoms with van der Waals surface area (Å²) in [6, 6.07) is 16.5. The van der Waals surface area contributed by atoms with Crippen LogP contribution in [0.5, 0.6) is 0 Å². The summed E-state index contributed by atoms with van der Waals surface area (Å²) < 4.78 is 2.10. The third-order valence-electron chi connectivity index (χ3n) is 4.35. The molecule has 0 fully saturated rings. The maximum absolute atomic E-state index is 12.8. The van der Waals surface area contributed by atoms with Gasteiger partial charge in [0.15, 0.2) is 0 Å². The number of halogens is 2. The minimum Gasteiger partial charge on any atom is -0.343 e. The molecule has 1 amide bonds. The van der Waals surface area contributed by atoms with Crippen molar-refractivity contribution in [3.05, 3.63) is 94.4 Å². The molecule has 6 heteroatoms. The van der Waals surface area contributed by atoms with Crippen LogP contribution < -0.4 is 5.32 Å². The average Bonchev–Trinajstić information content (AvgIpc) is 3.08. The lowest BCUT2D eigenvalue weighted by Gasteiger charge is -2.12. The van der Waals surface area contributed by atoms with Gasteiger partial charge in [0.1, 0.15) is 0 Å². The van der Waals surface area contributed by atoms with Gasteiger partial charge in [0.2, 0.25) is 0 Å². The molecule has 134 valence electrons. The van der Waals surface area contributed by atoms with Crippen molar-refractivity contribution in [2.45, 2.75) is 6.54 Å². The van der Waals surface area contributed by atoms with Crippen molar-refractivity contribution in [1.29, 1.82) is 0 Å². The number of nitrogens with zero attached hydrogens (tertiary/aromatic N) is 2. The molecule has 4 aromatic rings. The minimum absolute atomic E-state index is 0.192. The third-order valence-corrected chi connectivity index (χ3v) is 5.09. The van der Waals surface area contributed by atoms with Gasteiger partial charge < -0.3 is 9.88 Å². The molecule has 0 saturated heterocycles. The van der Waals surface area contributed by atoms with Crippen LogP contribution in [0.25, 0.3) is 10.9 Å². The molecular weight excluding hydrogens is 381 g/mol. The number of anilines is 1. The molecule has 0 bridgehead atoms. The van der Waals surface area contributed by atoms with Crippen molar-refractivity contribution in [3.63, 3.8) is 0 Å². The van der Waals surface area contributed by atoms with Crippen molar-refractivity contribution in [3.8, 4) is 0 Å². The number of carbonyl (C=O) groups excluding carboxylic acids is 1. The van der Waals surface area contributed by atoms with Gasteiger partial charge in [-0.05, 0) is 42.0 Å². The van der Waals surface area contributed by atoms with Gasteiger partial charge >= 0.3 is 0 Å². The van der Waals surface area contributed by atoms with E-state index in [2.05, 4.69) is 14.9 Å². The molecule has 0 aliphatic carbocycles. The van der Waals surface area contributed by atoms with E-state index < -0.39 is 0 Å². The first-order chi connectivity index (χ1) is 13.1. The van der Waals surface area contributed by atoms with E-state index in [1.807, 2.05) is 48.8 Å². The Bertz CT molecular complexity index is 1140. The van der Waals surface area contributed by atoms with Crippen molar-refractivity contribution >= 4 is 45.7 Å². The van der Waals surface area contributed by atoms with E-state index in [4.69, 9.17) is 23.2 Å². The smallest absolute Gasteiger partial charge is 0.256 e. The molecule has 0 saturated carbocycles. The van der Waals surface area contributed by atoms with Gasteiger partial charge in [0, 0.05) is 41.8 Å². The normalized spacial score (nSPS) is 10.9. The molecule has 2 heterocycles. The van der Waals surface area contributed by atoms with Crippen LogP contribution in [0.1, 0.15) is 15.9 Å². The Morgan fingerprint density at radius 3 is 2.74 bits per heavy atom. The van der Waals surface area contributed by atoms with Crippen LogP contribution >= 0.6 is 23.2 Å². The summed E-state index contributed by atoms with van der Waals surface area (Å²) in [6.07, 6.45) is 5.59. The molecule has 27 heavy (non-hydrogen) atoms. The Balaban J connectivity index is 1.62. The fraction of sp³-hybridized carbons (Fsp3) is 0.0476. The van der Waals surface area contributed by atoms with E-state index in [1.54, 1.807) is 24.4 Å². The van der Waals surface area contributed by atoms with E-state index in [0.717, 1.165) is 16.5 Å². The lowest BCUT2D eigenvalue weighted by Crippen LogP contribution is -2.15. The first-order valence-corrected chi connectivity index (χ1v) is 9.10. The van der Waals surface area contributed by atoms with Gasteiger partial charge in [-0.25, -0.2) is 0 Å². The van der Waals surface area contributed by atoms with Gasteiger partial charge in [0.05, 0.1) is 15.6 Å². The Labute approximate surface area is 166 Å². The fourth-order valence-corrected chi connectivity index (χ4v) is 3.31. The number of rotatable bonds is 4. The van der Waals surface area contributed by atoms with Gasteiger partial charge in [-0.2, -0.15) is 0 Å². The van der Waals surface area contributed by atoms with Crippen molar-refractivity contribution < 1.29 is 4.79 Å². The third kappa shape index (κ3) is 3.68. The number of fused-ring (bicyclic) bond motifs is 1. The van der Waals surface area contributed by atoms with Gasteiger partial charge in [0.25, 0.3) is 5.91 Å². The molecule has 0 unspecified atom stereocenters. The molecule has 4 nitrogen and oxygen atoms in total. The van der Waals surface area contributed by atoms with Crippen LogP contribution in [-0.2, 0) is 6.54 Å². The lowest BCUT2D eigenvalue weighted by molar-refractivity contribution is 0.102. The number of carbonyl (C=O) groups is 1. The quantitative estimate of drug-likeness (QED) is 0.485. The standard InChI is InChI=1S/C21H15Cl2N3O/c22-18-6-5-16(11-19(18)23)25-21(27)17-4-2-1-3-15(17)13-26-10-8-14-12-24-9-7-20(14)26/h1-12H,13H2,(H,25,27). The van der Waals surface area contributed by atoms with Crippen LogP contribution in [0.3, 0.4) is 0 Å². The van der Waals surface area contributed by atoms with Crippen molar-refractivity contribution in [1.82, 2.24) is 9.55 Å². The van der Waals surface area contributed by atoms with Gasteiger partial charge in [-0.3, -0.25) is 9.78 Å². The second kappa shape index (κ2) is 7.43. The van der Waals surface area contributed by atoms with Crippen molar-refractivity contribution in [2.24, 2.45) is 0 Å². The molecule has 0 aliphatic heterocycles. The van der Waals surface area contributed by atoms with Crippen LogP contribution in [0.2, 0.25) is 10.0 Å². The number of hydrogen-bond donors (Lipinski definition) is 1. The Morgan fingerprint density at radius 1 is 1.04 bits per heavy atom. The summed E-state index contributed by atoms with van der Waals surface area (Å²) >= 11 is 12.0. The zero-order chi connectivity index (χ0) is 18.8. The maximum atomic E-state index is 12.8. The molecule has 2 aromatic heterocycles. The van der Waals surface area contributed by atoms with E-state index in [0.29, 0.717) is 27.8 Å². The Hall–Kier alpha value is -2.82. The van der Waals surface area contributed by atoms with Crippen LogP contribution in [0.15, 0.2) is 73.2 Å². The summed E-state index contributed by atoms with van der Waals surface area (Å²) in [5, 5.41) is 4.79. The zero-order valence-corrected chi connectivity index (χ0v) is 15.7. The Kier molecular flexibility index (Phi) is 4.84. The van der Waals surface area contributed by atoms with E-state index >= 15 is 0 Å². The second-order valence-electron chi connectivity index (χ2n) is 6.12. The number of benzene rings is 2. The van der Waals surface area contributed by atoms with Gasteiger partial charge in [-0.1, -0.05) is 41.4 Å². The number of pyridine rings is 1. The van der Waals surface area contributed by atoms with Crippen LogP contribution in [0.4, 0.5) is 5.69 Å². The second-order valence-corrected chi connectivity index (χ2v) is 6.93. The lowest BCUT2D eigenvalue weighted by atomic mass is 10.1. The molecule has 0 atom stereocenters. The molecule has 0 aliphatic rings. The summed E-state index contributed by atoms with van der Waals surface area (Å²) in [5.74, 6) is -0.192. The summed E-state index contributed by atoms with van der Waals surface area (Å²) in [6.45, 7) is 0.582. The average molecular weight is 396 g/mol. The Morgan fingerprint density at radius 2 is 1.89 bits per heavy atom. The molecule has 4 rings (SSSR count). The molecule has 2 aromatic carbocycles. The zero-order valence-electron chi connectivity index (χ0n) is 14.2. The summed E-state index contributed by atoms with van der Waals surface area (Å²) in [5.41, 5.74) is 3.20. The molecule has 0 radical (unpaired) electrons. The topological polar surface area (TPSA) is 46.9 Å². The van der Waals surface area contributed by atoms with E-state index in [9.17, 15) is 4.79 Å². The fourth-order valence-electron chi connectivity index (χ4n) is 3.01. The largest absolute Gasteiger partial charge is 0.343 e. The maximum Gasteiger partial charge on any atom is 0.256 e. The summed E-state index contributed by atoms with van der Waals surface area (Å²) in [7, 11) is 0. The van der Waals surface area contributed by atoms with E-state index in [-0.39, 0.29) is 5.91 Å². The van der Waals surface area contributed by atoms with Crippen molar-refractivity contribution in [2.75, 3.05) is 5.32 Å². The van der Waals surface area contributed by atoms with E-state index in [1.165, 1.54) is 0 Å². The van der Waals surface area contributed by atoms with Crippen LogP contribution in [-0.4, -0.2) is 15.5 Å². The molecule has 1 N–H and O–H groups in total. The highest BCUT2D eigenvalue weighted by Gasteiger charge is 2.13. The molecule has 0 spiro atoms. The first-order valence-electron chi connectivity index (χ1n) is 8.35. The predicted molar refractivity (Wildman–Crippen MR) is 110 cm³/mol. The highest BCUT2D eigenvalue weighted by Crippen LogP contribution is 2.26. The summed E-state index contributed by atoms with van der Waals surface area (Å²) in [4.78, 5) is 17.0. The minimum atomic E-state index is -0.192. The predicted octanol–water partition coefficient (Wildman–Crippen LogP) is 5.64. The number of amides is 1.